The fourth-order valence-electron chi connectivity index (χ4n) is 6.51. The van der Waals surface area contributed by atoms with Crippen LogP contribution in [0.25, 0.3) is 0 Å². The van der Waals surface area contributed by atoms with Crippen LogP contribution in [0.15, 0.2) is 0 Å². The van der Waals surface area contributed by atoms with Crippen molar-refractivity contribution in [3.63, 3.8) is 0 Å². The molecule has 39 heavy (non-hydrogen) atoms. The normalized spacial score (nSPS) is 49.4. The second-order valence-electron chi connectivity index (χ2n) is 12.8. The Morgan fingerprint density at radius 1 is 0.949 bits per heavy atom. The lowest BCUT2D eigenvalue weighted by Crippen LogP contribution is -2.56. The highest BCUT2D eigenvalue weighted by Crippen LogP contribution is 2.36. The molecule has 0 aliphatic carbocycles. The van der Waals surface area contributed by atoms with Crippen molar-refractivity contribution in [3.05, 3.63) is 0 Å². The van der Waals surface area contributed by atoms with Crippen LogP contribution < -0.4 is 0 Å². The van der Waals surface area contributed by atoms with Gasteiger partial charge in [-0.15, -0.1) is 0 Å². The first kappa shape index (κ1) is 34.4. The molecule has 3 unspecified atom stereocenters. The maximum atomic E-state index is 13.5. The molecule has 10 nitrogen and oxygen atoms in total. The van der Waals surface area contributed by atoms with E-state index in [9.17, 15) is 30.3 Å². The third-order valence-electron chi connectivity index (χ3n) is 9.36. The molecule has 0 aromatic carbocycles. The summed E-state index contributed by atoms with van der Waals surface area (Å²) in [6.07, 6.45) is -5.82. The Bertz CT molecular complexity index is 780. The van der Waals surface area contributed by atoms with Gasteiger partial charge in [-0.2, -0.15) is 0 Å². The van der Waals surface area contributed by atoms with E-state index in [-0.39, 0.29) is 12.5 Å². The topological polar surface area (TPSA) is 149 Å². The second kappa shape index (κ2) is 13.9. The first-order valence-corrected chi connectivity index (χ1v) is 14.6. The number of hydrogen-bond acceptors (Lipinski definition) is 10. The maximum absolute atomic E-state index is 13.5. The molecule has 0 bridgehead atoms. The number of aliphatic hydroxyl groups excluding tert-OH is 4. The highest BCUT2D eigenvalue weighted by atomic mass is 16.7. The molecule has 2 rings (SSSR count). The number of rotatable bonds is 4. The van der Waals surface area contributed by atoms with Crippen LogP contribution in [-0.2, 0) is 19.0 Å². The Morgan fingerprint density at radius 3 is 2.08 bits per heavy atom. The molecule has 0 aromatic heterocycles. The van der Waals surface area contributed by atoms with E-state index in [1.54, 1.807) is 41.5 Å². The molecule has 0 aromatic rings. The highest BCUT2D eigenvalue weighted by Gasteiger charge is 2.47. The van der Waals surface area contributed by atoms with Crippen LogP contribution >= 0.6 is 0 Å². The predicted molar refractivity (Wildman–Crippen MR) is 147 cm³/mol. The van der Waals surface area contributed by atoms with Crippen LogP contribution in [0, 0.1) is 29.6 Å². The van der Waals surface area contributed by atoms with Crippen molar-refractivity contribution >= 4 is 5.97 Å². The summed E-state index contributed by atoms with van der Waals surface area (Å²) in [6, 6.07) is -0.237. The van der Waals surface area contributed by atoms with Gasteiger partial charge in [0.25, 0.3) is 0 Å². The molecule has 2 aliphatic rings. The van der Waals surface area contributed by atoms with Crippen molar-refractivity contribution in [2.24, 2.45) is 29.6 Å². The van der Waals surface area contributed by atoms with E-state index in [0.717, 1.165) is 0 Å². The molecule has 0 saturated carbocycles. The standard InChI is InChI=1S/C29H55NO9/c1-11-21-15(3)24(32)16(4)23(31)14(2)13-29(8,36)27(34)17(5)26(18(6)28(35)38-21)39-22-12-20(30(9)10)25(33)19(7)37-22/h14-27,31-34,36H,11-13H2,1-10H3/t14-,15+,16+,17+,18-,19?,20?,21-,22+,23?,24+,25-,26+,27-,29-/m1/s1. The van der Waals surface area contributed by atoms with E-state index in [2.05, 4.69) is 0 Å². The average molecular weight is 562 g/mol. The van der Waals surface area contributed by atoms with Gasteiger partial charge in [0.15, 0.2) is 6.29 Å². The summed E-state index contributed by atoms with van der Waals surface area (Å²) in [6.45, 7) is 13.9. The van der Waals surface area contributed by atoms with Crippen LogP contribution in [0.1, 0.15) is 74.7 Å². The van der Waals surface area contributed by atoms with Crippen molar-refractivity contribution < 1.29 is 44.5 Å². The number of carbonyl (C=O) groups is 1. The zero-order valence-electron chi connectivity index (χ0n) is 25.5. The van der Waals surface area contributed by atoms with Crippen LogP contribution in [0.3, 0.4) is 0 Å². The number of aliphatic hydroxyl groups is 5. The smallest absolute Gasteiger partial charge is 0.311 e. The van der Waals surface area contributed by atoms with Gasteiger partial charge in [0, 0.05) is 30.2 Å². The molecule has 15 atom stereocenters. The first-order chi connectivity index (χ1) is 17.9. The number of carbonyl (C=O) groups excluding carboxylic acids is 1. The third-order valence-corrected chi connectivity index (χ3v) is 9.36. The van der Waals surface area contributed by atoms with Crippen LogP contribution in [-0.4, -0.2) is 111 Å². The molecule has 2 saturated heterocycles. The number of hydrogen-bond donors (Lipinski definition) is 5. The van der Waals surface area contributed by atoms with Crippen molar-refractivity contribution in [3.8, 4) is 0 Å². The Hall–Kier alpha value is -0.850. The van der Waals surface area contributed by atoms with Gasteiger partial charge in [-0.25, -0.2) is 0 Å². The summed E-state index contributed by atoms with van der Waals surface area (Å²) in [5, 5.41) is 55.5. The van der Waals surface area contributed by atoms with E-state index in [1.165, 1.54) is 6.92 Å². The van der Waals surface area contributed by atoms with Gasteiger partial charge in [-0.1, -0.05) is 34.6 Å². The van der Waals surface area contributed by atoms with Crippen molar-refractivity contribution in [2.75, 3.05) is 14.1 Å². The first-order valence-electron chi connectivity index (χ1n) is 14.6. The van der Waals surface area contributed by atoms with E-state index in [1.807, 2.05) is 25.9 Å². The molecule has 0 spiro atoms. The second-order valence-corrected chi connectivity index (χ2v) is 12.8. The van der Waals surface area contributed by atoms with E-state index >= 15 is 0 Å². The van der Waals surface area contributed by atoms with Gasteiger partial charge in [-0.05, 0) is 53.6 Å². The largest absolute Gasteiger partial charge is 0.462 e. The van der Waals surface area contributed by atoms with Gasteiger partial charge in [0.2, 0.25) is 0 Å². The summed E-state index contributed by atoms with van der Waals surface area (Å²) in [7, 11) is 3.73. The zero-order valence-corrected chi connectivity index (χ0v) is 25.5. The zero-order chi connectivity index (χ0) is 30.0. The quantitative estimate of drug-likeness (QED) is 0.320. The highest BCUT2D eigenvalue weighted by molar-refractivity contribution is 5.73. The number of likely N-dealkylation sites (N-methyl/N-ethyl adjacent to an activating group) is 1. The molecule has 0 radical (unpaired) electrons. The fourth-order valence-corrected chi connectivity index (χ4v) is 6.51. The average Bonchev–Trinajstić information content (AvgIpc) is 2.87. The molecule has 10 heteroatoms. The van der Waals surface area contributed by atoms with Crippen molar-refractivity contribution in [2.45, 2.75) is 135 Å². The van der Waals surface area contributed by atoms with Gasteiger partial charge in [0.05, 0.1) is 48.1 Å². The van der Waals surface area contributed by atoms with E-state index in [4.69, 9.17) is 14.2 Å². The number of nitrogens with zero attached hydrogens (tertiary/aromatic N) is 1. The number of ether oxygens (including phenoxy) is 3. The van der Waals surface area contributed by atoms with E-state index in [0.29, 0.717) is 12.8 Å². The summed E-state index contributed by atoms with van der Waals surface area (Å²) in [5.41, 5.74) is -1.62. The minimum absolute atomic E-state index is 0.0692. The molecule has 5 N–H and O–H groups in total. The lowest BCUT2D eigenvalue weighted by molar-refractivity contribution is -0.268. The Labute approximate surface area is 234 Å². The van der Waals surface area contributed by atoms with Gasteiger partial charge >= 0.3 is 5.97 Å². The van der Waals surface area contributed by atoms with Crippen LogP contribution in [0.2, 0.25) is 0 Å². The number of cyclic esters (lactones) is 1. The Balaban J connectivity index is 2.47. The Morgan fingerprint density at radius 2 is 1.54 bits per heavy atom. The maximum Gasteiger partial charge on any atom is 0.311 e. The third kappa shape index (κ3) is 7.92. The molecular formula is C29H55NO9. The summed E-state index contributed by atoms with van der Waals surface area (Å²) in [4.78, 5) is 15.4. The van der Waals surface area contributed by atoms with Gasteiger partial charge in [0.1, 0.15) is 6.10 Å². The van der Waals surface area contributed by atoms with Crippen LogP contribution in [0.5, 0.6) is 0 Å². The molecule has 230 valence electrons. The molecular weight excluding hydrogens is 506 g/mol. The van der Waals surface area contributed by atoms with Crippen molar-refractivity contribution in [1.82, 2.24) is 4.90 Å². The fraction of sp³-hybridized carbons (Fsp3) is 0.966. The van der Waals surface area contributed by atoms with Crippen molar-refractivity contribution in [1.29, 1.82) is 0 Å². The monoisotopic (exact) mass is 561 g/mol. The Kier molecular flexibility index (Phi) is 12.2. The van der Waals surface area contributed by atoms with Crippen LogP contribution in [0.4, 0.5) is 0 Å². The molecule has 2 aliphatic heterocycles. The summed E-state index contributed by atoms with van der Waals surface area (Å²) in [5.74, 6) is -3.54. The predicted octanol–water partition coefficient (Wildman–Crippen LogP) is 1.54. The molecule has 2 heterocycles. The minimum Gasteiger partial charge on any atom is -0.462 e. The lowest BCUT2D eigenvalue weighted by Gasteiger charge is -2.45. The minimum atomic E-state index is -1.62. The molecule has 2 fully saturated rings. The summed E-state index contributed by atoms with van der Waals surface area (Å²) < 4.78 is 18.3. The SMILES string of the molecule is CC[C@H]1OC(=O)[C@H](C)[C@@H](O[C@H]2CC(N(C)C)[C@H](O)C(C)O2)[C@H](C)[C@@H](O)[C@](C)(O)C[C@@H](C)C(O)[C@H](C)[C@@H](O)[C@H]1C. The van der Waals surface area contributed by atoms with Gasteiger partial charge < -0.3 is 44.6 Å². The lowest BCUT2D eigenvalue weighted by atomic mass is 9.74. The number of esters is 1. The van der Waals surface area contributed by atoms with Gasteiger partial charge in [-0.3, -0.25) is 4.79 Å². The molecule has 0 amide bonds. The van der Waals surface area contributed by atoms with E-state index < -0.39 is 90.2 Å². The summed E-state index contributed by atoms with van der Waals surface area (Å²) >= 11 is 0.